The summed E-state index contributed by atoms with van der Waals surface area (Å²) >= 11 is 0. The molecule has 1 heterocycles. The Morgan fingerprint density at radius 2 is 1.50 bits per heavy atom. The molecule has 3 nitrogen and oxygen atoms in total. The van der Waals surface area contributed by atoms with Crippen molar-refractivity contribution in [1.29, 1.82) is 0 Å². The number of anilines is 2. The summed E-state index contributed by atoms with van der Waals surface area (Å²) in [4.78, 5) is 2.12. The molecule has 1 aliphatic heterocycles. The zero-order valence-electron chi connectivity index (χ0n) is 9.49. The summed E-state index contributed by atoms with van der Waals surface area (Å²) in [5.74, 6) is 0. The topological polar surface area (TPSA) is 27.3 Å². The van der Waals surface area contributed by atoms with Crippen LogP contribution in [-0.4, -0.2) is 25.3 Å². The van der Waals surface area contributed by atoms with Gasteiger partial charge < -0.3 is 10.6 Å². The Bertz CT molecular complexity index is 493. The van der Waals surface area contributed by atoms with Gasteiger partial charge in [-0.2, -0.15) is 0 Å². The zero-order valence-corrected chi connectivity index (χ0v) is 9.49. The van der Waals surface area contributed by atoms with Crippen molar-refractivity contribution < 1.29 is 0 Å². The third-order valence-electron chi connectivity index (χ3n) is 3.01. The molecule has 0 spiro atoms. The summed E-state index contributed by atoms with van der Waals surface area (Å²) in [6.45, 7) is 0. The van der Waals surface area contributed by atoms with Crippen molar-refractivity contribution in [3.05, 3.63) is 36.4 Å². The molecule has 3 heteroatoms. The number of hydrogen-bond acceptors (Lipinski definition) is 3. The van der Waals surface area contributed by atoms with Crippen molar-refractivity contribution in [2.75, 3.05) is 24.7 Å². The van der Waals surface area contributed by atoms with Gasteiger partial charge in [0.15, 0.2) is 6.29 Å². The molecule has 0 saturated heterocycles. The molecule has 0 aromatic heterocycles. The van der Waals surface area contributed by atoms with Crippen LogP contribution < -0.4 is 10.6 Å². The lowest BCUT2D eigenvalue weighted by atomic mass is 10.1. The average molecular weight is 213 g/mol. The first-order chi connectivity index (χ1) is 7.75. The maximum Gasteiger partial charge on any atom is 0.155 e. The van der Waals surface area contributed by atoms with E-state index in [1.807, 2.05) is 0 Å². The normalized spacial score (nSPS) is 14.9. The molecule has 0 radical (unpaired) electrons. The lowest BCUT2D eigenvalue weighted by Gasteiger charge is -2.33. The van der Waals surface area contributed by atoms with Gasteiger partial charge in [0.1, 0.15) is 0 Å². The molecule has 3 rings (SSSR count). The summed E-state index contributed by atoms with van der Waals surface area (Å²) in [6, 6.07) is 12.7. The highest BCUT2D eigenvalue weighted by atomic mass is 15.4. The number of rotatable bonds is 1. The summed E-state index contributed by atoms with van der Waals surface area (Å²) < 4.78 is 0. The van der Waals surface area contributed by atoms with E-state index in [9.17, 15) is 0 Å². The number of hydrogen-bond donors (Lipinski definition) is 2. The third kappa shape index (κ3) is 1.32. The highest BCUT2D eigenvalue weighted by Crippen LogP contribution is 2.34. The molecule has 0 atom stereocenters. The van der Waals surface area contributed by atoms with Crippen molar-refractivity contribution in [2.24, 2.45) is 0 Å². The molecule has 1 aliphatic rings. The van der Waals surface area contributed by atoms with Crippen LogP contribution in [0.4, 0.5) is 11.4 Å². The van der Waals surface area contributed by atoms with Crippen LogP contribution in [0.3, 0.4) is 0 Å². The summed E-state index contributed by atoms with van der Waals surface area (Å²) in [5, 5.41) is 9.50. The fourth-order valence-corrected chi connectivity index (χ4v) is 2.17. The second kappa shape index (κ2) is 3.39. The second-order valence-corrected chi connectivity index (χ2v) is 4.36. The molecule has 2 aromatic carbocycles. The average Bonchev–Trinajstić information content (AvgIpc) is 2.29. The van der Waals surface area contributed by atoms with Crippen LogP contribution in [0, 0.1) is 0 Å². The van der Waals surface area contributed by atoms with E-state index >= 15 is 0 Å². The minimum atomic E-state index is 0.153. The van der Waals surface area contributed by atoms with Crippen molar-refractivity contribution in [2.45, 2.75) is 6.29 Å². The Labute approximate surface area is 95.1 Å². The smallest absolute Gasteiger partial charge is 0.155 e. The Hall–Kier alpha value is -1.74. The number of nitrogens with one attached hydrogen (secondary N) is 2. The van der Waals surface area contributed by atoms with Gasteiger partial charge in [0.05, 0.1) is 0 Å². The molecule has 0 amide bonds. The van der Waals surface area contributed by atoms with Gasteiger partial charge in [-0.25, -0.2) is 0 Å². The molecule has 82 valence electrons. The molecule has 2 aromatic rings. The molecular formula is C13H15N3. The van der Waals surface area contributed by atoms with Crippen LogP contribution in [0.25, 0.3) is 10.8 Å². The van der Waals surface area contributed by atoms with Crippen LogP contribution in [0.1, 0.15) is 0 Å². The first kappa shape index (κ1) is 9.48. The lowest BCUT2D eigenvalue weighted by Crippen LogP contribution is -2.43. The first-order valence-electron chi connectivity index (χ1n) is 5.47. The van der Waals surface area contributed by atoms with E-state index in [4.69, 9.17) is 0 Å². The fourth-order valence-electron chi connectivity index (χ4n) is 2.17. The quantitative estimate of drug-likeness (QED) is 0.762. The summed E-state index contributed by atoms with van der Waals surface area (Å²) in [6.07, 6.45) is 0.153. The van der Waals surface area contributed by atoms with E-state index in [2.05, 4.69) is 66.0 Å². The lowest BCUT2D eigenvalue weighted by molar-refractivity contribution is 0.351. The SMILES string of the molecule is CN(C)C1Nc2cccc3cccc(c23)N1. The molecule has 0 fully saturated rings. The van der Waals surface area contributed by atoms with Gasteiger partial charge in [0.25, 0.3) is 0 Å². The Balaban J connectivity index is 2.20. The van der Waals surface area contributed by atoms with E-state index in [1.54, 1.807) is 0 Å². The van der Waals surface area contributed by atoms with Gasteiger partial charge in [-0.05, 0) is 31.6 Å². The van der Waals surface area contributed by atoms with E-state index < -0.39 is 0 Å². The minimum Gasteiger partial charge on any atom is -0.352 e. The Morgan fingerprint density at radius 1 is 0.938 bits per heavy atom. The van der Waals surface area contributed by atoms with Gasteiger partial charge in [-0.1, -0.05) is 24.3 Å². The highest BCUT2D eigenvalue weighted by Gasteiger charge is 2.19. The van der Waals surface area contributed by atoms with Crippen molar-refractivity contribution in [1.82, 2.24) is 4.90 Å². The van der Waals surface area contributed by atoms with E-state index in [1.165, 1.54) is 22.1 Å². The van der Waals surface area contributed by atoms with Gasteiger partial charge in [0, 0.05) is 16.8 Å². The van der Waals surface area contributed by atoms with E-state index in [-0.39, 0.29) is 6.29 Å². The largest absolute Gasteiger partial charge is 0.352 e. The van der Waals surface area contributed by atoms with Crippen LogP contribution in [-0.2, 0) is 0 Å². The van der Waals surface area contributed by atoms with Crippen LogP contribution in [0.2, 0.25) is 0 Å². The van der Waals surface area contributed by atoms with E-state index in [0.29, 0.717) is 0 Å². The monoisotopic (exact) mass is 213 g/mol. The molecule has 2 N–H and O–H groups in total. The highest BCUT2D eigenvalue weighted by molar-refractivity contribution is 6.04. The van der Waals surface area contributed by atoms with Crippen molar-refractivity contribution in [3.8, 4) is 0 Å². The van der Waals surface area contributed by atoms with E-state index in [0.717, 1.165) is 0 Å². The minimum absolute atomic E-state index is 0.153. The van der Waals surface area contributed by atoms with Crippen LogP contribution >= 0.6 is 0 Å². The summed E-state index contributed by atoms with van der Waals surface area (Å²) in [5.41, 5.74) is 2.40. The Kier molecular flexibility index (Phi) is 2.01. The first-order valence-corrected chi connectivity index (χ1v) is 5.47. The maximum atomic E-state index is 3.48. The fraction of sp³-hybridized carbons (Fsp3) is 0.231. The van der Waals surface area contributed by atoms with Gasteiger partial charge in [0.2, 0.25) is 0 Å². The molecule has 16 heavy (non-hydrogen) atoms. The number of nitrogens with zero attached hydrogens (tertiary/aromatic N) is 1. The summed E-state index contributed by atoms with van der Waals surface area (Å²) in [7, 11) is 4.11. The molecule has 0 saturated carbocycles. The predicted octanol–water partition coefficient (Wildman–Crippen LogP) is 2.52. The second-order valence-electron chi connectivity index (χ2n) is 4.36. The molecular weight excluding hydrogens is 198 g/mol. The Morgan fingerprint density at radius 3 is 2.00 bits per heavy atom. The number of benzene rings is 2. The van der Waals surface area contributed by atoms with Gasteiger partial charge in [-0.3, -0.25) is 4.90 Å². The molecule has 0 aliphatic carbocycles. The molecule has 0 unspecified atom stereocenters. The molecule has 0 bridgehead atoms. The van der Waals surface area contributed by atoms with Crippen LogP contribution in [0.5, 0.6) is 0 Å². The third-order valence-corrected chi connectivity index (χ3v) is 3.01. The van der Waals surface area contributed by atoms with Crippen LogP contribution in [0.15, 0.2) is 36.4 Å². The zero-order chi connectivity index (χ0) is 11.1. The maximum absolute atomic E-state index is 3.48. The van der Waals surface area contributed by atoms with Crippen molar-refractivity contribution >= 4 is 22.1 Å². The van der Waals surface area contributed by atoms with Crippen molar-refractivity contribution in [3.63, 3.8) is 0 Å². The van der Waals surface area contributed by atoms with Gasteiger partial charge in [-0.15, -0.1) is 0 Å². The van der Waals surface area contributed by atoms with Gasteiger partial charge >= 0.3 is 0 Å². The predicted molar refractivity (Wildman–Crippen MR) is 68.7 cm³/mol. The standard InChI is InChI=1S/C13H15N3/c1-16(2)13-14-10-7-3-5-9-6-4-8-11(15-13)12(9)10/h3-8,13-15H,1-2H3.